The highest BCUT2D eigenvalue weighted by Crippen LogP contribution is 2.33. The Hall–Kier alpha value is -2.01. The van der Waals surface area contributed by atoms with Gasteiger partial charge in [0.05, 0.1) is 6.20 Å². The van der Waals surface area contributed by atoms with E-state index in [0.29, 0.717) is 6.79 Å². The van der Waals surface area contributed by atoms with Crippen molar-refractivity contribution in [1.82, 2.24) is 10.5 Å². The molecule has 1 unspecified atom stereocenters. The van der Waals surface area contributed by atoms with E-state index in [0.717, 1.165) is 23.5 Å². The predicted octanol–water partition coefficient (Wildman–Crippen LogP) is 1.91. The minimum Gasteiger partial charge on any atom is -0.454 e. The number of likely N-dealkylation sites (N-methyl/N-ethyl adjacent to an activating group) is 1. The van der Waals surface area contributed by atoms with Gasteiger partial charge in [-0.25, -0.2) is 0 Å². The van der Waals surface area contributed by atoms with Gasteiger partial charge in [0, 0.05) is 11.6 Å². The average Bonchev–Trinajstić information content (AvgIpc) is 3.06. The minimum absolute atomic E-state index is 0.177. The molecule has 1 N–H and O–H groups in total. The molecule has 0 amide bonds. The molecule has 0 spiro atoms. The molecule has 0 bridgehead atoms. The summed E-state index contributed by atoms with van der Waals surface area (Å²) < 4.78 is 15.5. The van der Waals surface area contributed by atoms with Gasteiger partial charge in [-0.3, -0.25) is 0 Å². The second-order valence-electron chi connectivity index (χ2n) is 4.19. The molecule has 5 heteroatoms. The Bertz CT molecular complexity index is 525. The molecule has 1 aliphatic rings. The summed E-state index contributed by atoms with van der Waals surface area (Å²) >= 11 is 0. The van der Waals surface area contributed by atoms with Crippen molar-refractivity contribution in [2.75, 3.05) is 13.8 Å². The molecule has 5 nitrogen and oxygen atoms in total. The Labute approximate surface area is 105 Å². The van der Waals surface area contributed by atoms with Crippen molar-refractivity contribution in [3.05, 3.63) is 41.8 Å². The SMILES string of the molecule is CNC(Cc1ccc2c(c1)OCO2)c1cnoc1. The molecular formula is C13H14N2O3. The summed E-state index contributed by atoms with van der Waals surface area (Å²) in [7, 11) is 1.92. The third-order valence-electron chi connectivity index (χ3n) is 3.08. The zero-order valence-corrected chi connectivity index (χ0v) is 10.1. The molecule has 0 fully saturated rings. The van der Waals surface area contributed by atoms with Crippen molar-refractivity contribution in [1.29, 1.82) is 0 Å². The van der Waals surface area contributed by atoms with E-state index in [9.17, 15) is 0 Å². The van der Waals surface area contributed by atoms with Crippen LogP contribution in [0.2, 0.25) is 0 Å². The summed E-state index contributed by atoms with van der Waals surface area (Å²) in [4.78, 5) is 0. The number of rotatable bonds is 4. The maximum absolute atomic E-state index is 5.37. The van der Waals surface area contributed by atoms with Crippen molar-refractivity contribution >= 4 is 0 Å². The molecule has 18 heavy (non-hydrogen) atoms. The van der Waals surface area contributed by atoms with Crippen LogP contribution in [0.4, 0.5) is 0 Å². The highest BCUT2D eigenvalue weighted by molar-refractivity contribution is 5.44. The third-order valence-corrected chi connectivity index (χ3v) is 3.08. The number of aromatic nitrogens is 1. The second-order valence-corrected chi connectivity index (χ2v) is 4.19. The fraction of sp³-hybridized carbons (Fsp3) is 0.308. The van der Waals surface area contributed by atoms with Crippen LogP contribution >= 0.6 is 0 Å². The van der Waals surface area contributed by atoms with Crippen LogP contribution in [0.15, 0.2) is 35.2 Å². The summed E-state index contributed by atoms with van der Waals surface area (Å²) in [5.74, 6) is 1.62. The highest BCUT2D eigenvalue weighted by atomic mass is 16.7. The monoisotopic (exact) mass is 246 g/mol. The van der Waals surface area contributed by atoms with E-state index in [1.54, 1.807) is 12.5 Å². The normalized spacial score (nSPS) is 14.7. The van der Waals surface area contributed by atoms with Gasteiger partial charge in [-0.2, -0.15) is 0 Å². The van der Waals surface area contributed by atoms with E-state index < -0.39 is 0 Å². The standard InChI is InChI=1S/C13H14N2O3/c1-14-11(10-6-15-18-7-10)4-9-2-3-12-13(5-9)17-8-16-12/h2-3,5-7,11,14H,4,8H2,1H3. The Kier molecular flexibility index (Phi) is 2.90. The van der Waals surface area contributed by atoms with Gasteiger partial charge in [-0.05, 0) is 31.2 Å². The lowest BCUT2D eigenvalue weighted by Crippen LogP contribution is -2.18. The van der Waals surface area contributed by atoms with Crippen LogP contribution in [0.5, 0.6) is 11.5 Å². The van der Waals surface area contributed by atoms with Gasteiger partial charge in [-0.15, -0.1) is 0 Å². The van der Waals surface area contributed by atoms with E-state index in [-0.39, 0.29) is 6.04 Å². The number of nitrogens with one attached hydrogen (secondary N) is 1. The van der Waals surface area contributed by atoms with Gasteiger partial charge in [0.25, 0.3) is 0 Å². The number of hydrogen-bond acceptors (Lipinski definition) is 5. The van der Waals surface area contributed by atoms with Gasteiger partial charge in [0.15, 0.2) is 11.5 Å². The molecule has 1 atom stereocenters. The zero-order chi connectivity index (χ0) is 12.4. The number of hydrogen-bond donors (Lipinski definition) is 1. The van der Waals surface area contributed by atoms with E-state index in [1.807, 2.05) is 25.2 Å². The fourth-order valence-corrected chi connectivity index (χ4v) is 2.08. The van der Waals surface area contributed by atoms with Crippen LogP contribution in [0.3, 0.4) is 0 Å². The summed E-state index contributed by atoms with van der Waals surface area (Å²) in [5.41, 5.74) is 2.22. The second kappa shape index (κ2) is 4.70. The zero-order valence-electron chi connectivity index (χ0n) is 10.1. The molecule has 2 heterocycles. The fourth-order valence-electron chi connectivity index (χ4n) is 2.08. The molecule has 0 radical (unpaired) electrons. The van der Waals surface area contributed by atoms with Gasteiger partial charge < -0.3 is 19.3 Å². The van der Waals surface area contributed by atoms with E-state index >= 15 is 0 Å². The average molecular weight is 246 g/mol. The van der Waals surface area contributed by atoms with Crippen LogP contribution in [-0.4, -0.2) is 19.0 Å². The maximum atomic E-state index is 5.37. The first-order valence-electron chi connectivity index (χ1n) is 5.82. The van der Waals surface area contributed by atoms with Crippen molar-refractivity contribution in [3.63, 3.8) is 0 Å². The molecule has 0 saturated carbocycles. The summed E-state index contributed by atoms with van der Waals surface area (Å²) in [6.07, 6.45) is 4.23. The van der Waals surface area contributed by atoms with Crippen LogP contribution < -0.4 is 14.8 Å². The summed E-state index contributed by atoms with van der Waals surface area (Å²) in [6.45, 7) is 0.305. The lowest BCUT2D eigenvalue weighted by Gasteiger charge is -2.14. The van der Waals surface area contributed by atoms with Crippen LogP contribution in [0.25, 0.3) is 0 Å². The Morgan fingerprint density at radius 1 is 1.33 bits per heavy atom. The smallest absolute Gasteiger partial charge is 0.231 e. The third kappa shape index (κ3) is 2.04. The molecular weight excluding hydrogens is 232 g/mol. The predicted molar refractivity (Wildman–Crippen MR) is 64.6 cm³/mol. The van der Waals surface area contributed by atoms with Gasteiger partial charge in [-0.1, -0.05) is 11.2 Å². The summed E-state index contributed by atoms with van der Waals surface area (Å²) in [5, 5.41) is 6.98. The number of benzene rings is 1. The molecule has 0 aliphatic carbocycles. The van der Waals surface area contributed by atoms with Crippen molar-refractivity contribution in [2.24, 2.45) is 0 Å². The Morgan fingerprint density at radius 2 is 2.22 bits per heavy atom. The molecule has 1 aliphatic heterocycles. The number of nitrogens with zero attached hydrogens (tertiary/aromatic N) is 1. The molecule has 1 aromatic carbocycles. The quantitative estimate of drug-likeness (QED) is 0.893. The van der Waals surface area contributed by atoms with E-state index in [2.05, 4.69) is 10.5 Å². The topological polar surface area (TPSA) is 56.5 Å². The lowest BCUT2D eigenvalue weighted by molar-refractivity contribution is 0.174. The van der Waals surface area contributed by atoms with Crippen LogP contribution in [0, 0.1) is 0 Å². The first kappa shape index (κ1) is 11.1. The lowest BCUT2D eigenvalue weighted by atomic mass is 10.0. The van der Waals surface area contributed by atoms with Gasteiger partial charge in [0.2, 0.25) is 6.79 Å². The van der Waals surface area contributed by atoms with Crippen molar-refractivity contribution in [2.45, 2.75) is 12.5 Å². The van der Waals surface area contributed by atoms with Crippen LogP contribution in [0.1, 0.15) is 17.2 Å². The highest BCUT2D eigenvalue weighted by Gasteiger charge is 2.16. The summed E-state index contributed by atoms with van der Waals surface area (Å²) in [6, 6.07) is 6.18. The Morgan fingerprint density at radius 3 is 3.00 bits per heavy atom. The largest absolute Gasteiger partial charge is 0.454 e. The number of fused-ring (bicyclic) bond motifs is 1. The van der Waals surface area contributed by atoms with E-state index in [1.165, 1.54) is 5.56 Å². The molecule has 1 aromatic heterocycles. The molecule has 2 aromatic rings. The van der Waals surface area contributed by atoms with Crippen molar-refractivity contribution in [3.8, 4) is 11.5 Å². The first-order chi connectivity index (χ1) is 8.86. The van der Waals surface area contributed by atoms with Crippen LogP contribution in [-0.2, 0) is 6.42 Å². The molecule has 3 rings (SSSR count). The molecule has 94 valence electrons. The van der Waals surface area contributed by atoms with E-state index in [4.69, 9.17) is 14.0 Å². The first-order valence-corrected chi connectivity index (χ1v) is 5.82. The number of ether oxygens (including phenoxy) is 2. The minimum atomic E-state index is 0.177. The van der Waals surface area contributed by atoms with Gasteiger partial charge in [0.1, 0.15) is 6.26 Å². The van der Waals surface area contributed by atoms with Gasteiger partial charge >= 0.3 is 0 Å². The maximum Gasteiger partial charge on any atom is 0.231 e. The van der Waals surface area contributed by atoms with Crippen molar-refractivity contribution < 1.29 is 14.0 Å². The molecule has 0 saturated heterocycles. The Balaban J connectivity index is 1.79.